The van der Waals surface area contributed by atoms with Crippen LogP contribution in [-0.2, 0) is 6.54 Å². The third kappa shape index (κ3) is 2.71. The van der Waals surface area contributed by atoms with Crippen LogP contribution in [0.25, 0.3) is 0 Å². The summed E-state index contributed by atoms with van der Waals surface area (Å²) in [6.07, 6.45) is 3.12. The SMILES string of the molecule is On1ccc(=NCc2ccccc2)cc1. The van der Waals surface area contributed by atoms with Crippen molar-refractivity contribution in [1.82, 2.24) is 4.73 Å². The number of hydrogen-bond donors (Lipinski definition) is 1. The van der Waals surface area contributed by atoms with Crippen molar-refractivity contribution in [2.45, 2.75) is 6.54 Å². The van der Waals surface area contributed by atoms with Crippen LogP contribution < -0.4 is 5.36 Å². The lowest BCUT2D eigenvalue weighted by Gasteiger charge is -1.96. The standard InChI is InChI=1S/C12H12N2O/c15-14-8-6-12(7-9-14)13-10-11-4-2-1-3-5-11/h1-9,15H,10H2. The van der Waals surface area contributed by atoms with Crippen LogP contribution in [0, 0.1) is 0 Å². The lowest BCUT2D eigenvalue weighted by atomic mass is 10.2. The van der Waals surface area contributed by atoms with Gasteiger partial charge < -0.3 is 5.21 Å². The van der Waals surface area contributed by atoms with Crippen LogP contribution in [0.5, 0.6) is 0 Å². The second-order valence-electron chi connectivity index (χ2n) is 3.24. The average Bonchev–Trinajstić information content (AvgIpc) is 2.30. The number of hydrogen-bond acceptors (Lipinski definition) is 2. The van der Waals surface area contributed by atoms with Gasteiger partial charge in [-0.15, -0.1) is 0 Å². The molecule has 76 valence electrons. The summed E-state index contributed by atoms with van der Waals surface area (Å²) in [6.45, 7) is 0.663. The molecule has 2 aromatic rings. The molecule has 1 N–H and O–H groups in total. The minimum absolute atomic E-state index is 0.663. The predicted octanol–water partition coefficient (Wildman–Crippen LogP) is 1.83. The van der Waals surface area contributed by atoms with E-state index in [0.717, 1.165) is 10.1 Å². The van der Waals surface area contributed by atoms with E-state index in [2.05, 4.69) is 4.99 Å². The predicted molar refractivity (Wildman–Crippen MR) is 57.3 cm³/mol. The molecule has 0 radical (unpaired) electrons. The normalized spacial score (nSPS) is 9.87. The van der Waals surface area contributed by atoms with Gasteiger partial charge in [0.1, 0.15) is 0 Å². The van der Waals surface area contributed by atoms with Gasteiger partial charge in [0, 0.05) is 12.4 Å². The van der Waals surface area contributed by atoms with Gasteiger partial charge in [0.2, 0.25) is 0 Å². The Morgan fingerprint density at radius 3 is 2.33 bits per heavy atom. The summed E-state index contributed by atoms with van der Waals surface area (Å²) < 4.78 is 1.00. The highest BCUT2D eigenvalue weighted by atomic mass is 16.5. The molecule has 0 saturated heterocycles. The first-order chi connectivity index (χ1) is 7.34. The number of nitrogens with zero attached hydrogens (tertiary/aromatic N) is 2. The molecule has 0 aliphatic carbocycles. The van der Waals surface area contributed by atoms with Crippen molar-refractivity contribution < 1.29 is 5.21 Å². The van der Waals surface area contributed by atoms with Crippen molar-refractivity contribution >= 4 is 0 Å². The van der Waals surface area contributed by atoms with E-state index in [1.165, 1.54) is 5.56 Å². The van der Waals surface area contributed by atoms with Gasteiger partial charge >= 0.3 is 0 Å². The van der Waals surface area contributed by atoms with Crippen LogP contribution in [0.4, 0.5) is 0 Å². The topological polar surface area (TPSA) is 37.5 Å². The first-order valence-electron chi connectivity index (χ1n) is 4.76. The van der Waals surface area contributed by atoms with E-state index >= 15 is 0 Å². The number of pyridine rings is 1. The second kappa shape index (κ2) is 4.46. The van der Waals surface area contributed by atoms with Crippen molar-refractivity contribution in [3.05, 3.63) is 65.8 Å². The van der Waals surface area contributed by atoms with Crippen LogP contribution in [0.15, 0.2) is 59.9 Å². The third-order valence-corrected chi connectivity index (χ3v) is 2.08. The largest absolute Gasteiger partial charge is 0.429 e. The van der Waals surface area contributed by atoms with Crippen molar-refractivity contribution in [3.8, 4) is 0 Å². The molecule has 0 unspecified atom stereocenters. The van der Waals surface area contributed by atoms with Gasteiger partial charge in [0.15, 0.2) is 0 Å². The molecule has 0 spiro atoms. The fraction of sp³-hybridized carbons (Fsp3) is 0.0833. The smallest absolute Gasteiger partial charge is 0.0646 e. The van der Waals surface area contributed by atoms with Crippen LogP contribution in [-0.4, -0.2) is 9.94 Å². The molecule has 0 bridgehead atoms. The molecule has 15 heavy (non-hydrogen) atoms. The summed E-state index contributed by atoms with van der Waals surface area (Å²) in [5.41, 5.74) is 1.18. The molecular formula is C12H12N2O. The lowest BCUT2D eigenvalue weighted by Crippen LogP contribution is -2.03. The summed E-state index contributed by atoms with van der Waals surface area (Å²) in [6, 6.07) is 13.6. The lowest BCUT2D eigenvalue weighted by molar-refractivity contribution is 0.184. The zero-order chi connectivity index (χ0) is 10.5. The minimum atomic E-state index is 0.663. The summed E-state index contributed by atoms with van der Waals surface area (Å²) in [5.74, 6) is 0. The zero-order valence-corrected chi connectivity index (χ0v) is 8.24. The highest BCUT2D eigenvalue weighted by molar-refractivity contribution is 5.14. The summed E-state index contributed by atoms with van der Waals surface area (Å²) in [5, 5.41) is 9.88. The number of aromatic nitrogens is 1. The van der Waals surface area contributed by atoms with Gasteiger partial charge in [0.05, 0.1) is 11.9 Å². The number of rotatable bonds is 2. The Morgan fingerprint density at radius 2 is 1.67 bits per heavy atom. The number of benzene rings is 1. The summed E-state index contributed by atoms with van der Waals surface area (Å²) in [7, 11) is 0. The van der Waals surface area contributed by atoms with Crippen LogP contribution in [0.3, 0.4) is 0 Å². The van der Waals surface area contributed by atoms with Crippen molar-refractivity contribution in [2.24, 2.45) is 4.99 Å². The van der Waals surface area contributed by atoms with E-state index in [9.17, 15) is 0 Å². The van der Waals surface area contributed by atoms with Gasteiger partial charge in [-0.25, -0.2) is 4.73 Å². The molecule has 0 atom stereocenters. The first kappa shape index (κ1) is 9.52. The molecule has 3 nitrogen and oxygen atoms in total. The zero-order valence-electron chi connectivity index (χ0n) is 8.24. The second-order valence-corrected chi connectivity index (χ2v) is 3.24. The van der Waals surface area contributed by atoms with Crippen molar-refractivity contribution in [1.29, 1.82) is 0 Å². The molecule has 1 aromatic carbocycles. The monoisotopic (exact) mass is 200 g/mol. The van der Waals surface area contributed by atoms with E-state index in [1.807, 2.05) is 30.3 Å². The average molecular weight is 200 g/mol. The quantitative estimate of drug-likeness (QED) is 0.738. The highest BCUT2D eigenvalue weighted by Crippen LogP contribution is 1.98. The molecule has 0 amide bonds. The molecular weight excluding hydrogens is 188 g/mol. The van der Waals surface area contributed by atoms with Gasteiger partial charge in [-0.05, 0) is 17.7 Å². The Hall–Kier alpha value is -2.03. The molecule has 3 heteroatoms. The van der Waals surface area contributed by atoms with Gasteiger partial charge in [-0.1, -0.05) is 30.3 Å². The summed E-state index contributed by atoms with van der Waals surface area (Å²) in [4.78, 5) is 4.39. The molecule has 0 aliphatic heterocycles. The molecule has 0 fully saturated rings. The molecule has 0 aliphatic rings. The highest BCUT2D eigenvalue weighted by Gasteiger charge is 1.87. The maximum Gasteiger partial charge on any atom is 0.0646 e. The van der Waals surface area contributed by atoms with Gasteiger partial charge in [-0.2, -0.15) is 0 Å². The van der Waals surface area contributed by atoms with Crippen LogP contribution >= 0.6 is 0 Å². The first-order valence-corrected chi connectivity index (χ1v) is 4.76. The maximum absolute atomic E-state index is 9.02. The van der Waals surface area contributed by atoms with Gasteiger partial charge in [0.25, 0.3) is 0 Å². The van der Waals surface area contributed by atoms with E-state index in [-0.39, 0.29) is 0 Å². The fourth-order valence-corrected chi connectivity index (χ4v) is 1.28. The van der Waals surface area contributed by atoms with Crippen molar-refractivity contribution in [2.75, 3.05) is 0 Å². The minimum Gasteiger partial charge on any atom is -0.429 e. The molecule has 2 rings (SSSR count). The molecule has 1 aromatic heterocycles. The van der Waals surface area contributed by atoms with Crippen LogP contribution in [0.2, 0.25) is 0 Å². The Kier molecular flexibility index (Phi) is 2.83. The van der Waals surface area contributed by atoms with E-state index in [1.54, 1.807) is 24.5 Å². The fourth-order valence-electron chi connectivity index (χ4n) is 1.28. The van der Waals surface area contributed by atoms with Crippen LogP contribution in [0.1, 0.15) is 5.56 Å². The maximum atomic E-state index is 9.02. The molecule has 0 saturated carbocycles. The molecule has 1 heterocycles. The van der Waals surface area contributed by atoms with E-state index in [4.69, 9.17) is 5.21 Å². The van der Waals surface area contributed by atoms with Gasteiger partial charge in [-0.3, -0.25) is 4.99 Å². The Bertz CT molecular complexity index is 468. The van der Waals surface area contributed by atoms with Crippen molar-refractivity contribution in [3.63, 3.8) is 0 Å². The van der Waals surface area contributed by atoms with E-state index < -0.39 is 0 Å². The Labute approximate surface area is 87.9 Å². The Morgan fingerprint density at radius 1 is 1.00 bits per heavy atom. The van der Waals surface area contributed by atoms with E-state index in [0.29, 0.717) is 6.54 Å². The summed E-state index contributed by atoms with van der Waals surface area (Å²) >= 11 is 0. The third-order valence-electron chi connectivity index (χ3n) is 2.08. The Balaban J connectivity index is 2.15.